The van der Waals surface area contributed by atoms with Crippen molar-refractivity contribution in [2.24, 2.45) is 0 Å². The number of carbonyl (C=O) groups excluding carboxylic acids is 2. The molecule has 1 aliphatic heterocycles. The molecular formula is C24H27N3O4. The molecule has 1 aromatic heterocycles. The number of ether oxygens (including phenoxy) is 1. The Hall–Kier alpha value is -3.32. The van der Waals surface area contributed by atoms with E-state index in [1.807, 2.05) is 60.8 Å². The third-order valence-corrected chi connectivity index (χ3v) is 5.70. The number of aromatic amines is 1. The number of para-hydroxylation sites is 1. The lowest BCUT2D eigenvalue weighted by Crippen LogP contribution is -2.50. The van der Waals surface area contributed by atoms with Crippen molar-refractivity contribution in [3.8, 4) is 0 Å². The Kier molecular flexibility index (Phi) is 6.52. The summed E-state index contributed by atoms with van der Waals surface area (Å²) in [5.41, 5.74) is 2.94. The van der Waals surface area contributed by atoms with Crippen LogP contribution in [0.5, 0.6) is 0 Å². The molecule has 2 atom stereocenters. The zero-order valence-corrected chi connectivity index (χ0v) is 17.3. The number of nitrogens with zero attached hydrogens (tertiary/aromatic N) is 1. The molecule has 0 spiro atoms. The fraction of sp³-hybridized carbons (Fsp3) is 0.333. The van der Waals surface area contributed by atoms with E-state index in [0.29, 0.717) is 19.4 Å². The predicted molar refractivity (Wildman–Crippen MR) is 117 cm³/mol. The number of benzene rings is 2. The molecule has 0 aliphatic carbocycles. The summed E-state index contributed by atoms with van der Waals surface area (Å²) in [6, 6.07) is 16.4. The zero-order chi connectivity index (χ0) is 21.6. The van der Waals surface area contributed by atoms with Crippen molar-refractivity contribution >= 4 is 22.9 Å². The highest BCUT2D eigenvalue weighted by Crippen LogP contribution is 2.21. The molecule has 1 saturated heterocycles. The van der Waals surface area contributed by atoms with Crippen LogP contribution in [0.3, 0.4) is 0 Å². The highest BCUT2D eigenvalue weighted by atomic mass is 16.6. The maximum Gasteiger partial charge on any atom is 0.410 e. The summed E-state index contributed by atoms with van der Waals surface area (Å²) in [7, 11) is 0. The standard InChI is InChI=1S/C24H27N3O4/c28-15-19(13-18-14-25-21-10-5-4-9-20(18)21)26-23(29)22-11-6-12-27(22)24(30)31-16-17-7-2-1-3-8-17/h1-5,7-10,14,19,22,25,28H,6,11-13,15-16H2,(H,26,29)/t19-,22-/m0/s1. The zero-order valence-electron chi connectivity index (χ0n) is 17.3. The molecule has 1 fully saturated rings. The molecule has 1 aliphatic rings. The van der Waals surface area contributed by atoms with Crippen molar-refractivity contribution in [3.63, 3.8) is 0 Å². The maximum atomic E-state index is 12.9. The first-order valence-electron chi connectivity index (χ1n) is 10.6. The first-order chi connectivity index (χ1) is 15.2. The average molecular weight is 421 g/mol. The third kappa shape index (κ3) is 4.88. The van der Waals surface area contributed by atoms with Gasteiger partial charge in [-0.1, -0.05) is 48.5 Å². The summed E-state index contributed by atoms with van der Waals surface area (Å²) in [5, 5.41) is 13.8. The van der Waals surface area contributed by atoms with Crippen LogP contribution in [0.2, 0.25) is 0 Å². The van der Waals surface area contributed by atoms with Crippen LogP contribution in [0, 0.1) is 0 Å². The van der Waals surface area contributed by atoms with Crippen LogP contribution in [0.1, 0.15) is 24.0 Å². The monoisotopic (exact) mass is 421 g/mol. The number of rotatable bonds is 7. The van der Waals surface area contributed by atoms with Gasteiger partial charge in [-0.2, -0.15) is 0 Å². The van der Waals surface area contributed by atoms with E-state index in [2.05, 4.69) is 10.3 Å². The quantitative estimate of drug-likeness (QED) is 0.547. The van der Waals surface area contributed by atoms with Crippen LogP contribution in [-0.2, 0) is 22.6 Å². The van der Waals surface area contributed by atoms with Gasteiger partial charge in [0.15, 0.2) is 0 Å². The molecule has 31 heavy (non-hydrogen) atoms. The molecule has 0 bridgehead atoms. The van der Waals surface area contributed by atoms with Crippen molar-refractivity contribution in [1.29, 1.82) is 0 Å². The molecule has 2 heterocycles. The molecule has 7 heteroatoms. The normalized spacial score (nSPS) is 16.9. The van der Waals surface area contributed by atoms with Crippen LogP contribution in [0.25, 0.3) is 10.9 Å². The van der Waals surface area contributed by atoms with Gasteiger partial charge in [0.2, 0.25) is 5.91 Å². The van der Waals surface area contributed by atoms with E-state index in [4.69, 9.17) is 4.74 Å². The Balaban J connectivity index is 1.36. The summed E-state index contributed by atoms with van der Waals surface area (Å²) in [5.74, 6) is -0.256. The number of amides is 2. The van der Waals surface area contributed by atoms with Crippen LogP contribution in [0.15, 0.2) is 60.8 Å². The van der Waals surface area contributed by atoms with Crippen molar-refractivity contribution in [1.82, 2.24) is 15.2 Å². The lowest BCUT2D eigenvalue weighted by atomic mass is 10.0. The highest BCUT2D eigenvalue weighted by molar-refractivity contribution is 5.87. The van der Waals surface area contributed by atoms with Crippen molar-refractivity contribution in [3.05, 3.63) is 71.9 Å². The molecule has 0 saturated carbocycles. The number of fused-ring (bicyclic) bond motifs is 1. The van der Waals surface area contributed by atoms with Gasteiger partial charge in [-0.3, -0.25) is 9.69 Å². The van der Waals surface area contributed by atoms with Crippen LogP contribution < -0.4 is 5.32 Å². The highest BCUT2D eigenvalue weighted by Gasteiger charge is 2.35. The summed E-state index contributed by atoms with van der Waals surface area (Å²) in [4.78, 5) is 30.2. The topological polar surface area (TPSA) is 94.7 Å². The molecule has 2 aromatic carbocycles. The third-order valence-electron chi connectivity index (χ3n) is 5.70. The van der Waals surface area contributed by atoms with Crippen molar-refractivity contribution in [2.45, 2.75) is 38.0 Å². The second-order valence-electron chi connectivity index (χ2n) is 7.84. The molecule has 0 unspecified atom stereocenters. The van der Waals surface area contributed by atoms with E-state index in [-0.39, 0.29) is 19.1 Å². The van der Waals surface area contributed by atoms with Crippen molar-refractivity contribution in [2.75, 3.05) is 13.2 Å². The van der Waals surface area contributed by atoms with Gasteiger partial charge in [-0.25, -0.2) is 4.79 Å². The summed E-state index contributed by atoms with van der Waals surface area (Å²) < 4.78 is 5.41. The van der Waals surface area contributed by atoms with Gasteiger partial charge in [0.25, 0.3) is 0 Å². The number of H-pyrrole nitrogens is 1. The molecule has 3 aromatic rings. The molecule has 0 radical (unpaired) electrons. The Labute approximate surface area is 181 Å². The number of hydrogen-bond acceptors (Lipinski definition) is 4. The van der Waals surface area contributed by atoms with Crippen LogP contribution in [-0.4, -0.2) is 52.2 Å². The first-order valence-corrected chi connectivity index (χ1v) is 10.6. The van der Waals surface area contributed by atoms with Gasteiger partial charge in [0.05, 0.1) is 12.6 Å². The first kappa shape index (κ1) is 20.9. The minimum atomic E-state index is -0.583. The van der Waals surface area contributed by atoms with Crippen LogP contribution >= 0.6 is 0 Å². The number of hydrogen-bond donors (Lipinski definition) is 3. The predicted octanol–water partition coefficient (Wildman–Crippen LogP) is 2.99. The molecule has 7 nitrogen and oxygen atoms in total. The van der Waals surface area contributed by atoms with Gasteiger partial charge in [0, 0.05) is 23.6 Å². The van der Waals surface area contributed by atoms with Crippen molar-refractivity contribution < 1.29 is 19.4 Å². The number of likely N-dealkylation sites (tertiary alicyclic amines) is 1. The van der Waals surface area contributed by atoms with E-state index >= 15 is 0 Å². The average Bonchev–Trinajstić information content (AvgIpc) is 3.45. The van der Waals surface area contributed by atoms with E-state index in [1.165, 1.54) is 4.90 Å². The Bertz CT molecular complexity index is 1030. The molecule has 2 amide bonds. The summed E-state index contributed by atoms with van der Waals surface area (Å²) >= 11 is 0. The lowest BCUT2D eigenvalue weighted by molar-refractivity contribution is -0.126. The number of aromatic nitrogens is 1. The fourth-order valence-electron chi connectivity index (χ4n) is 4.08. The minimum Gasteiger partial charge on any atom is -0.445 e. The lowest BCUT2D eigenvalue weighted by Gasteiger charge is -2.25. The van der Waals surface area contributed by atoms with Gasteiger partial charge in [0.1, 0.15) is 12.6 Å². The summed E-state index contributed by atoms with van der Waals surface area (Å²) in [6.07, 6.45) is 3.24. The molecule has 3 N–H and O–H groups in total. The van der Waals surface area contributed by atoms with E-state index in [0.717, 1.165) is 28.5 Å². The molecule has 4 rings (SSSR count). The van der Waals surface area contributed by atoms with E-state index < -0.39 is 18.2 Å². The number of aliphatic hydroxyl groups is 1. The van der Waals surface area contributed by atoms with Gasteiger partial charge < -0.3 is 20.1 Å². The van der Waals surface area contributed by atoms with Gasteiger partial charge in [-0.15, -0.1) is 0 Å². The Morgan fingerprint density at radius 3 is 2.74 bits per heavy atom. The smallest absolute Gasteiger partial charge is 0.410 e. The maximum absolute atomic E-state index is 12.9. The second kappa shape index (κ2) is 9.66. The van der Waals surface area contributed by atoms with Crippen LogP contribution in [0.4, 0.5) is 4.79 Å². The van der Waals surface area contributed by atoms with Gasteiger partial charge in [-0.05, 0) is 36.5 Å². The Morgan fingerprint density at radius 1 is 1.16 bits per heavy atom. The SMILES string of the molecule is O=C(N[C@H](CO)Cc1c[nH]c2ccccc12)[C@@H]1CCCN1C(=O)OCc1ccccc1. The largest absolute Gasteiger partial charge is 0.445 e. The molecule has 162 valence electrons. The van der Waals surface area contributed by atoms with E-state index in [9.17, 15) is 14.7 Å². The summed E-state index contributed by atoms with van der Waals surface area (Å²) in [6.45, 7) is 0.471. The Morgan fingerprint density at radius 2 is 1.94 bits per heavy atom. The second-order valence-corrected chi connectivity index (χ2v) is 7.84. The fourth-order valence-corrected chi connectivity index (χ4v) is 4.08. The number of carbonyl (C=O) groups is 2. The van der Waals surface area contributed by atoms with Gasteiger partial charge >= 0.3 is 6.09 Å². The van der Waals surface area contributed by atoms with E-state index in [1.54, 1.807) is 0 Å². The molecular weight excluding hydrogens is 394 g/mol. The number of nitrogens with one attached hydrogen (secondary N) is 2. The minimum absolute atomic E-state index is 0.171. The number of aliphatic hydroxyl groups excluding tert-OH is 1.